The molecular weight excluding hydrogens is 402 g/mol. The summed E-state index contributed by atoms with van der Waals surface area (Å²) in [5, 5.41) is 14.1. The van der Waals surface area contributed by atoms with E-state index in [0.717, 1.165) is 17.4 Å². The molecule has 0 aromatic heterocycles. The molecule has 0 aliphatic heterocycles. The molecule has 2 fully saturated rings. The van der Waals surface area contributed by atoms with E-state index in [2.05, 4.69) is 48.6 Å². The number of nitrogens with zero attached hydrogens (tertiary/aromatic N) is 1. The summed E-state index contributed by atoms with van der Waals surface area (Å²) in [7, 11) is 0. The maximum absolute atomic E-state index is 9.85. The van der Waals surface area contributed by atoms with Gasteiger partial charge >= 0.3 is 0 Å². The summed E-state index contributed by atoms with van der Waals surface area (Å²) in [6.07, 6.45) is 6.94. The number of phenols is 1. The second-order valence-corrected chi connectivity index (χ2v) is 9.69. The number of fused-ring (bicyclic) bond motifs is 2. The molecule has 31 heavy (non-hydrogen) atoms. The predicted molar refractivity (Wildman–Crippen MR) is 132 cm³/mol. The number of thiocarbonyl (C=S) groups is 1. The van der Waals surface area contributed by atoms with Crippen LogP contribution in [0.25, 0.3) is 5.57 Å². The van der Waals surface area contributed by atoms with Crippen molar-refractivity contribution in [3.8, 4) is 5.75 Å². The fourth-order valence-corrected chi connectivity index (χ4v) is 5.76. The third kappa shape index (κ3) is 4.99. The Balaban J connectivity index is 1.77. The van der Waals surface area contributed by atoms with Crippen molar-refractivity contribution in [1.82, 2.24) is 5.43 Å². The van der Waals surface area contributed by atoms with Gasteiger partial charge in [-0.3, -0.25) is 5.43 Å². The summed E-state index contributed by atoms with van der Waals surface area (Å²) in [6, 6.07) is 16.1. The van der Waals surface area contributed by atoms with Crippen LogP contribution in [0.15, 0.2) is 59.2 Å². The molecule has 2 aliphatic rings. The van der Waals surface area contributed by atoms with Gasteiger partial charge in [0.2, 0.25) is 0 Å². The highest BCUT2D eigenvalue weighted by Crippen LogP contribution is 2.51. The van der Waals surface area contributed by atoms with E-state index in [0.29, 0.717) is 17.6 Å². The van der Waals surface area contributed by atoms with Crippen molar-refractivity contribution in [2.45, 2.75) is 39.5 Å². The second kappa shape index (κ2) is 9.23. The quantitative estimate of drug-likeness (QED) is 0.340. The van der Waals surface area contributed by atoms with Gasteiger partial charge in [-0.05, 0) is 96.0 Å². The maximum Gasteiger partial charge on any atom is 0.184 e. The van der Waals surface area contributed by atoms with Gasteiger partial charge in [0.15, 0.2) is 5.11 Å². The molecule has 0 heterocycles. The summed E-state index contributed by atoms with van der Waals surface area (Å²) < 4.78 is 0. The van der Waals surface area contributed by atoms with Crippen LogP contribution < -0.4 is 11.2 Å². The number of rotatable bonds is 4. The van der Waals surface area contributed by atoms with E-state index in [1.54, 1.807) is 23.9 Å². The summed E-state index contributed by atoms with van der Waals surface area (Å²) in [4.78, 5) is 0. The molecule has 4 atom stereocenters. The fourth-order valence-electron chi connectivity index (χ4n) is 5.71. The molecule has 4 N–H and O–H groups in total. The first-order chi connectivity index (χ1) is 14.9. The summed E-state index contributed by atoms with van der Waals surface area (Å²) in [5.74, 6) is 3.14. The average Bonchev–Trinajstić information content (AvgIpc) is 2.72. The van der Waals surface area contributed by atoms with Gasteiger partial charge in [-0.2, -0.15) is 5.10 Å². The van der Waals surface area contributed by atoms with Crippen LogP contribution >= 0.6 is 12.2 Å². The van der Waals surface area contributed by atoms with E-state index in [-0.39, 0.29) is 5.11 Å². The highest BCUT2D eigenvalue weighted by Gasteiger charge is 2.38. The molecule has 0 spiro atoms. The number of aromatic hydroxyl groups is 1. The highest BCUT2D eigenvalue weighted by atomic mass is 32.1. The Labute approximate surface area is 190 Å². The van der Waals surface area contributed by atoms with Crippen molar-refractivity contribution < 1.29 is 5.11 Å². The zero-order chi connectivity index (χ0) is 22.0. The number of allylic oxidation sites excluding steroid dienone is 1. The average molecular weight is 434 g/mol. The molecule has 4 nitrogen and oxygen atoms in total. The van der Waals surface area contributed by atoms with Crippen molar-refractivity contribution in [1.29, 1.82) is 0 Å². The standard InChI is InChI=1S/C26H31N3OS/c1-16-11-19-13-17(2)24(22(12-16)14-19)25(21-7-9-23(30)10-8-21)20-5-3-18(4-6-20)15-28-29-26(27)31/h3-10,15-17,19,22,30H,11-14H2,1-2H3,(H3,27,29,31)/b25-24+,28-15+. The second-order valence-electron chi connectivity index (χ2n) is 9.25. The van der Waals surface area contributed by atoms with E-state index in [4.69, 9.17) is 18.0 Å². The number of hydrogen-bond acceptors (Lipinski definition) is 3. The first-order valence-corrected chi connectivity index (χ1v) is 11.5. The Kier molecular flexibility index (Phi) is 6.42. The van der Waals surface area contributed by atoms with Crippen molar-refractivity contribution >= 4 is 29.1 Å². The topological polar surface area (TPSA) is 70.6 Å². The summed E-state index contributed by atoms with van der Waals surface area (Å²) >= 11 is 4.79. The molecule has 5 heteroatoms. The molecule has 0 radical (unpaired) electrons. The Bertz CT molecular complexity index is 990. The zero-order valence-corrected chi connectivity index (χ0v) is 19.0. The SMILES string of the molecule is CC1CC2CC(C)/C(=C(\c3ccc(O)cc3)c3ccc(/C=N/NC(N)=S)cc3)C(C1)C2. The van der Waals surface area contributed by atoms with Gasteiger partial charge in [-0.15, -0.1) is 0 Å². The van der Waals surface area contributed by atoms with E-state index in [1.165, 1.54) is 42.4 Å². The van der Waals surface area contributed by atoms with Crippen molar-refractivity contribution in [2.75, 3.05) is 0 Å². The number of nitrogens with two attached hydrogens (primary N) is 1. The minimum absolute atomic E-state index is 0.151. The maximum atomic E-state index is 9.85. The summed E-state index contributed by atoms with van der Waals surface area (Å²) in [6.45, 7) is 4.80. The van der Waals surface area contributed by atoms with Crippen LogP contribution in [-0.4, -0.2) is 16.4 Å². The van der Waals surface area contributed by atoms with E-state index in [9.17, 15) is 5.11 Å². The molecule has 2 saturated carbocycles. The molecule has 0 amide bonds. The van der Waals surface area contributed by atoms with Crippen molar-refractivity contribution in [3.05, 3.63) is 70.8 Å². The van der Waals surface area contributed by atoms with Crippen LogP contribution in [0.5, 0.6) is 5.75 Å². The Morgan fingerprint density at radius 2 is 1.65 bits per heavy atom. The number of hydrogen-bond donors (Lipinski definition) is 3. The predicted octanol–water partition coefficient (Wildman–Crippen LogP) is 5.45. The minimum Gasteiger partial charge on any atom is -0.508 e. The molecule has 4 unspecified atom stereocenters. The van der Waals surface area contributed by atoms with E-state index < -0.39 is 0 Å². The zero-order valence-electron chi connectivity index (χ0n) is 18.2. The fraction of sp³-hybridized carbons (Fsp3) is 0.385. The first-order valence-electron chi connectivity index (χ1n) is 11.1. The molecule has 4 rings (SSSR count). The first kappa shape index (κ1) is 21.6. The van der Waals surface area contributed by atoms with Crippen LogP contribution in [0, 0.1) is 23.7 Å². The lowest BCUT2D eigenvalue weighted by Gasteiger charge is -2.44. The smallest absolute Gasteiger partial charge is 0.184 e. The van der Waals surface area contributed by atoms with Gasteiger partial charge in [0.25, 0.3) is 0 Å². The molecular formula is C26H31N3OS. The van der Waals surface area contributed by atoms with Crippen LogP contribution in [0.4, 0.5) is 0 Å². The number of hydrazone groups is 1. The largest absolute Gasteiger partial charge is 0.508 e. The minimum atomic E-state index is 0.151. The molecule has 2 aromatic carbocycles. The van der Waals surface area contributed by atoms with E-state index in [1.807, 2.05) is 12.1 Å². The van der Waals surface area contributed by atoms with Gasteiger partial charge in [-0.25, -0.2) is 0 Å². The monoisotopic (exact) mass is 433 g/mol. The van der Waals surface area contributed by atoms with E-state index >= 15 is 0 Å². The highest BCUT2D eigenvalue weighted by molar-refractivity contribution is 7.80. The van der Waals surface area contributed by atoms with Gasteiger partial charge in [0.05, 0.1) is 6.21 Å². The van der Waals surface area contributed by atoms with Crippen LogP contribution in [-0.2, 0) is 0 Å². The number of phenolic OH excluding ortho intramolecular Hbond substituents is 1. The number of nitrogens with one attached hydrogen (secondary N) is 1. The lowest BCUT2D eigenvalue weighted by atomic mass is 9.61. The molecule has 2 aliphatic carbocycles. The lowest BCUT2D eigenvalue weighted by Crippen LogP contribution is -2.32. The van der Waals surface area contributed by atoms with Crippen LogP contribution in [0.2, 0.25) is 0 Å². The normalized spacial score (nSPS) is 27.2. The van der Waals surface area contributed by atoms with Gasteiger partial charge in [0.1, 0.15) is 5.75 Å². The van der Waals surface area contributed by atoms with Gasteiger partial charge < -0.3 is 10.8 Å². The third-order valence-electron chi connectivity index (χ3n) is 6.73. The Morgan fingerprint density at radius 1 is 1.00 bits per heavy atom. The Morgan fingerprint density at radius 3 is 2.29 bits per heavy atom. The lowest BCUT2D eigenvalue weighted by molar-refractivity contribution is 0.163. The third-order valence-corrected chi connectivity index (χ3v) is 6.82. The van der Waals surface area contributed by atoms with Crippen LogP contribution in [0.1, 0.15) is 56.2 Å². The summed E-state index contributed by atoms with van der Waals surface area (Å²) in [5.41, 5.74) is 14.3. The van der Waals surface area contributed by atoms with Gasteiger partial charge in [0, 0.05) is 0 Å². The van der Waals surface area contributed by atoms with Crippen LogP contribution in [0.3, 0.4) is 0 Å². The van der Waals surface area contributed by atoms with Gasteiger partial charge in [-0.1, -0.05) is 55.8 Å². The molecule has 2 aromatic rings. The van der Waals surface area contributed by atoms with Crippen molar-refractivity contribution in [3.63, 3.8) is 0 Å². The molecule has 0 saturated heterocycles. The molecule has 2 bridgehead atoms. The number of benzene rings is 2. The molecule has 162 valence electrons. The van der Waals surface area contributed by atoms with Crippen molar-refractivity contribution in [2.24, 2.45) is 34.5 Å². The Hall–Kier alpha value is -2.66.